The van der Waals surface area contributed by atoms with Gasteiger partial charge in [-0.1, -0.05) is 23.2 Å². The number of hydrogen-bond acceptors (Lipinski definition) is 6. The lowest BCUT2D eigenvalue weighted by Gasteiger charge is -2.26. The van der Waals surface area contributed by atoms with Gasteiger partial charge in [-0.2, -0.15) is 0 Å². The van der Waals surface area contributed by atoms with Crippen molar-refractivity contribution in [2.24, 2.45) is 11.8 Å². The minimum absolute atomic E-state index is 0.0346. The van der Waals surface area contributed by atoms with Crippen LogP contribution >= 0.6 is 23.2 Å². The Morgan fingerprint density at radius 3 is 2.34 bits per heavy atom. The molecule has 1 unspecified atom stereocenters. The van der Waals surface area contributed by atoms with Crippen molar-refractivity contribution in [3.8, 4) is 0 Å². The second-order valence-corrected chi connectivity index (χ2v) is 10.9. The topological polar surface area (TPSA) is 100 Å². The molecule has 192 valence electrons. The number of ether oxygens (including phenoxy) is 2. The third kappa shape index (κ3) is 5.50. The molecule has 3 amide bonds. The fourth-order valence-electron chi connectivity index (χ4n) is 4.58. The number of benzene rings is 1. The number of fused-ring (bicyclic) bond motifs is 1. The number of alkyl carbamates (subject to hydrolysis) is 1. The zero-order valence-electron chi connectivity index (χ0n) is 19.3. The van der Waals surface area contributed by atoms with Crippen molar-refractivity contribution in [3.05, 3.63) is 23.8 Å². The summed E-state index contributed by atoms with van der Waals surface area (Å²) < 4.78 is 40.4. The van der Waals surface area contributed by atoms with Gasteiger partial charge in [-0.25, -0.2) is 18.4 Å². The molecule has 35 heavy (non-hydrogen) atoms. The van der Waals surface area contributed by atoms with Gasteiger partial charge in [0.15, 0.2) is 16.5 Å². The normalized spacial score (nSPS) is 25.4. The maximum Gasteiger partial charge on any atom is 0.414 e. The number of nitrogens with one attached hydrogen (secondary N) is 2. The van der Waals surface area contributed by atoms with Gasteiger partial charge in [-0.05, 0) is 20.8 Å². The molecule has 2 saturated heterocycles. The van der Waals surface area contributed by atoms with Crippen LogP contribution in [0, 0.1) is 23.5 Å². The standard InChI is InChI=1S/C22H26Cl2F2N4O5/c1-22(2,3)35-20(32)28-16-12-7-29(8-13(12)16)17-14(25)4-10(5-15(17)26)30-11(9-34-21(30)33)6-27-19(31)18(23)24/h4-5,11-13,16,18H,6-9H2,1-3H3,(H,27,31)(H,28,32)/t11-,12-,13+,16?/m0/s1. The van der Waals surface area contributed by atoms with Gasteiger partial charge >= 0.3 is 12.2 Å². The monoisotopic (exact) mass is 534 g/mol. The molecule has 1 aromatic rings. The lowest BCUT2D eigenvalue weighted by atomic mass is 10.2. The van der Waals surface area contributed by atoms with Gasteiger partial charge in [-0.15, -0.1) is 0 Å². The molecule has 2 N–H and O–H groups in total. The van der Waals surface area contributed by atoms with E-state index in [0.29, 0.717) is 13.1 Å². The largest absolute Gasteiger partial charge is 0.447 e. The van der Waals surface area contributed by atoms with Crippen LogP contribution in [0.5, 0.6) is 0 Å². The molecule has 2 heterocycles. The fourth-order valence-corrected chi connectivity index (χ4v) is 4.74. The van der Waals surface area contributed by atoms with E-state index in [4.69, 9.17) is 32.7 Å². The van der Waals surface area contributed by atoms with Crippen LogP contribution in [0.4, 0.5) is 29.7 Å². The van der Waals surface area contributed by atoms with Crippen molar-refractivity contribution in [1.29, 1.82) is 0 Å². The number of carbonyl (C=O) groups is 3. The minimum Gasteiger partial charge on any atom is -0.447 e. The van der Waals surface area contributed by atoms with Gasteiger partial charge in [0.05, 0.1) is 11.7 Å². The van der Waals surface area contributed by atoms with Gasteiger partial charge in [-0.3, -0.25) is 9.69 Å². The Morgan fingerprint density at radius 2 is 1.80 bits per heavy atom. The number of hydrogen-bond donors (Lipinski definition) is 2. The highest BCUT2D eigenvalue weighted by molar-refractivity contribution is 6.53. The highest BCUT2D eigenvalue weighted by atomic mass is 35.5. The zero-order valence-corrected chi connectivity index (χ0v) is 20.8. The molecule has 1 aromatic carbocycles. The molecule has 0 spiro atoms. The fraction of sp³-hybridized carbons (Fsp3) is 0.591. The lowest BCUT2D eigenvalue weighted by molar-refractivity contribution is -0.119. The molecule has 9 nitrogen and oxygen atoms in total. The Kier molecular flexibility index (Phi) is 6.93. The summed E-state index contributed by atoms with van der Waals surface area (Å²) in [6.07, 6.45) is -1.30. The number of carbonyl (C=O) groups excluding carboxylic acids is 3. The highest BCUT2D eigenvalue weighted by Gasteiger charge is 2.57. The summed E-state index contributed by atoms with van der Waals surface area (Å²) in [5, 5.41) is 5.27. The van der Waals surface area contributed by atoms with Crippen molar-refractivity contribution < 1.29 is 32.6 Å². The first-order valence-electron chi connectivity index (χ1n) is 11.1. The van der Waals surface area contributed by atoms with Crippen LogP contribution < -0.4 is 20.4 Å². The Bertz CT molecular complexity index is 1000. The molecule has 4 atom stereocenters. The molecule has 4 rings (SSSR count). The molecule has 0 radical (unpaired) electrons. The number of cyclic esters (lactones) is 1. The van der Waals surface area contributed by atoms with E-state index in [9.17, 15) is 14.4 Å². The smallest absolute Gasteiger partial charge is 0.414 e. The number of alkyl halides is 2. The quantitative estimate of drug-likeness (QED) is 0.543. The average molecular weight is 535 g/mol. The predicted octanol–water partition coefficient (Wildman–Crippen LogP) is 3.17. The van der Waals surface area contributed by atoms with Crippen LogP contribution in [-0.4, -0.2) is 66.9 Å². The van der Waals surface area contributed by atoms with E-state index in [0.717, 1.165) is 17.0 Å². The Morgan fingerprint density at radius 1 is 1.20 bits per heavy atom. The van der Waals surface area contributed by atoms with Crippen LogP contribution in [0.1, 0.15) is 20.8 Å². The van der Waals surface area contributed by atoms with Crippen LogP contribution in [-0.2, 0) is 14.3 Å². The first-order chi connectivity index (χ1) is 16.4. The third-order valence-corrected chi connectivity index (χ3v) is 6.54. The molecule has 2 aliphatic heterocycles. The van der Waals surface area contributed by atoms with Crippen LogP contribution in [0.15, 0.2) is 12.1 Å². The van der Waals surface area contributed by atoms with E-state index < -0.39 is 46.2 Å². The second-order valence-electron chi connectivity index (χ2n) is 9.81. The Hall–Kier alpha value is -2.53. The number of rotatable bonds is 6. The zero-order chi connectivity index (χ0) is 25.7. The van der Waals surface area contributed by atoms with Crippen molar-refractivity contribution >= 4 is 52.7 Å². The predicted molar refractivity (Wildman–Crippen MR) is 125 cm³/mol. The molecule has 1 saturated carbocycles. The molecule has 3 fully saturated rings. The van der Waals surface area contributed by atoms with Crippen LogP contribution in [0.2, 0.25) is 0 Å². The van der Waals surface area contributed by atoms with E-state index in [-0.39, 0.29) is 42.4 Å². The van der Waals surface area contributed by atoms with E-state index in [1.165, 1.54) is 0 Å². The van der Waals surface area contributed by atoms with E-state index in [2.05, 4.69) is 10.6 Å². The highest BCUT2D eigenvalue weighted by Crippen LogP contribution is 2.48. The molecule has 3 aliphatic rings. The first-order valence-corrected chi connectivity index (χ1v) is 12.0. The number of anilines is 2. The maximum atomic E-state index is 15.1. The lowest BCUT2D eigenvalue weighted by Crippen LogP contribution is -2.44. The first kappa shape index (κ1) is 25.6. The molecular formula is C22H26Cl2F2N4O5. The summed E-state index contributed by atoms with van der Waals surface area (Å²) in [4.78, 5) is 37.2. The van der Waals surface area contributed by atoms with Gasteiger partial charge in [0, 0.05) is 49.6 Å². The van der Waals surface area contributed by atoms with Gasteiger partial charge in [0.2, 0.25) is 0 Å². The summed E-state index contributed by atoms with van der Waals surface area (Å²) in [5.41, 5.74) is -0.842. The summed E-state index contributed by atoms with van der Waals surface area (Å²) in [6, 6.07) is 1.34. The summed E-state index contributed by atoms with van der Waals surface area (Å²) in [6.45, 7) is 5.91. The van der Waals surface area contributed by atoms with Crippen molar-refractivity contribution in [2.45, 2.75) is 43.3 Å². The van der Waals surface area contributed by atoms with E-state index in [1.54, 1.807) is 25.7 Å². The molecular weight excluding hydrogens is 509 g/mol. The molecule has 0 bridgehead atoms. The van der Waals surface area contributed by atoms with Gasteiger partial charge < -0.3 is 25.0 Å². The Balaban J connectivity index is 1.41. The number of piperidine rings is 1. The Labute approximate surface area is 211 Å². The average Bonchev–Trinajstić information content (AvgIpc) is 3.06. The van der Waals surface area contributed by atoms with E-state index >= 15 is 8.78 Å². The minimum atomic E-state index is -1.29. The van der Waals surface area contributed by atoms with E-state index in [1.807, 2.05) is 0 Å². The summed E-state index contributed by atoms with van der Waals surface area (Å²) in [7, 11) is 0. The SMILES string of the molecule is CC(C)(C)OC(=O)NC1[C@H]2CN(c3c(F)cc(N4C(=O)OC[C@@H]4CNC(=O)C(Cl)Cl)cc3F)C[C@@H]12. The number of nitrogens with zero attached hydrogens (tertiary/aromatic N) is 2. The molecule has 0 aromatic heterocycles. The molecule has 13 heteroatoms. The summed E-state index contributed by atoms with van der Waals surface area (Å²) in [5.74, 6) is -2.19. The van der Waals surface area contributed by atoms with Crippen molar-refractivity contribution in [3.63, 3.8) is 0 Å². The van der Waals surface area contributed by atoms with Crippen molar-refractivity contribution in [1.82, 2.24) is 10.6 Å². The van der Waals surface area contributed by atoms with Crippen molar-refractivity contribution in [2.75, 3.05) is 36.0 Å². The van der Waals surface area contributed by atoms with Crippen LogP contribution in [0.25, 0.3) is 0 Å². The maximum absolute atomic E-state index is 15.1. The number of halogens is 4. The summed E-state index contributed by atoms with van der Waals surface area (Å²) >= 11 is 11.0. The van der Waals surface area contributed by atoms with Gasteiger partial charge in [0.1, 0.15) is 17.9 Å². The second kappa shape index (κ2) is 9.50. The number of amides is 3. The van der Waals surface area contributed by atoms with Crippen LogP contribution in [0.3, 0.4) is 0 Å². The third-order valence-electron chi connectivity index (χ3n) is 6.14. The van der Waals surface area contributed by atoms with Gasteiger partial charge in [0.25, 0.3) is 5.91 Å². The molecule has 1 aliphatic carbocycles.